The minimum Gasteiger partial charge on any atom is -0.489 e. The molecule has 3 heteroatoms. The van der Waals surface area contributed by atoms with Crippen molar-refractivity contribution in [3.63, 3.8) is 0 Å². The number of unbranched alkanes of at least 4 members (excludes halogenated alkanes) is 1. The summed E-state index contributed by atoms with van der Waals surface area (Å²) in [6, 6.07) is 17.8. The minimum absolute atomic E-state index is 0.0351. The number of amides is 1. The van der Waals surface area contributed by atoms with E-state index in [4.69, 9.17) is 4.74 Å². The van der Waals surface area contributed by atoms with Crippen LogP contribution in [0.5, 0.6) is 5.75 Å². The van der Waals surface area contributed by atoms with Gasteiger partial charge in [0, 0.05) is 19.7 Å². The van der Waals surface area contributed by atoms with Crippen molar-refractivity contribution in [1.29, 1.82) is 0 Å². The Morgan fingerprint density at radius 2 is 1.79 bits per heavy atom. The van der Waals surface area contributed by atoms with Crippen LogP contribution in [0.3, 0.4) is 0 Å². The minimum atomic E-state index is 0.0351. The van der Waals surface area contributed by atoms with E-state index < -0.39 is 0 Å². The van der Waals surface area contributed by atoms with Crippen LogP contribution in [0.1, 0.15) is 30.9 Å². The standard InChI is InChI=1S/C21H25NO2/c1-3-4-16-22(2)21(23)15-12-18-10-13-20(14-11-18)24-17-19-8-6-5-7-9-19/h5-15H,3-4,16-17H2,1-2H3/b15-12+. The molecule has 0 atom stereocenters. The van der Waals surface area contributed by atoms with Crippen LogP contribution in [0.15, 0.2) is 60.7 Å². The Balaban J connectivity index is 1.85. The van der Waals surface area contributed by atoms with Crippen LogP contribution in [-0.2, 0) is 11.4 Å². The average molecular weight is 323 g/mol. The lowest BCUT2D eigenvalue weighted by Crippen LogP contribution is -2.25. The quantitative estimate of drug-likeness (QED) is 0.668. The Bertz CT molecular complexity index is 647. The summed E-state index contributed by atoms with van der Waals surface area (Å²) in [6.07, 6.45) is 5.58. The molecule has 2 rings (SSSR count). The zero-order chi connectivity index (χ0) is 17.2. The van der Waals surface area contributed by atoms with Crippen LogP contribution < -0.4 is 4.74 Å². The van der Waals surface area contributed by atoms with Crippen molar-refractivity contribution in [2.24, 2.45) is 0 Å². The Morgan fingerprint density at radius 1 is 1.08 bits per heavy atom. The predicted octanol–water partition coefficient (Wildman–Crippen LogP) is 4.54. The number of carbonyl (C=O) groups is 1. The molecule has 0 spiro atoms. The van der Waals surface area contributed by atoms with E-state index in [1.54, 1.807) is 11.0 Å². The highest BCUT2D eigenvalue weighted by atomic mass is 16.5. The van der Waals surface area contributed by atoms with Gasteiger partial charge in [-0.15, -0.1) is 0 Å². The summed E-state index contributed by atoms with van der Waals surface area (Å²) < 4.78 is 5.76. The Kier molecular flexibility index (Phi) is 7.09. The Morgan fingerprint density at radius 3 is 2.46 bits per heavy atom. The molecule has 1 amide bonds. The summed E-state index contributed by atoms with van der Waals surface area (Å²) in [7, 11) is 1.84. The Labute approximate surface area is 144 Å². The lowest BCUT2D eigenvalue weighted by molar-refractivity contribution is -0.124. The number of nitrogens with zero attached hydrogens (tertiary/aromatic N) is 1. The summed E-state index contributed by atoms with van der Waals surface area (Å²) in [5.74, 6) is 0.857. The maximum atomic E-state index is 12.0. The van der Waals surface area contributed by atoms with Gasteiger partial charge in [-0.3, -0.25) is 4.79 Å². The second kappa shape index (κ2) is 9.56. The second-order valence-corrected chi connectivity index (χ2v) is 5.79. The molecule has 2 aromatic carbocycles. The molecule has 0 bridgehead atoms. The first kappa shape index (κ1) is 17.8. The van der Waals surface area contributed by atoms with Crippen molar-refractivity contribution in [2.45, 2.75) is 26.4 Å². The van der Waals surface area contributed by atoms with Gasteiger partial charge in [0.15, 0.2) is 0 Å². The summed E-state index contributed by atoms with van der Waals surface area (Å²) in [5, 5.41) is 0. The topological polar surface area (TPSA) is 29.5 Å². The number of benzene rings is 2. The van der Waals surface area contributed by atoms with Gasteiger partial charge in [0.25, 0.3) is 0 Å². The fourth-order valence-corrected chi connectivity index (χ4v) is 2.22. The summed E-state index contributed by atoms with van der Waals surface area (Å²) in [5.41, 5.74) is 2.13. The summed E-state index contributed by atoms with van der Waals surface area (Å²) in [4.78, 5) is 13.7. The van der Waals surface area contributed by atoms with E-state index in [-0.39, 0.29) is 5.91 Å². The van der Waals surface area contributed by atoms with Gasteiger partial charge < -0.3 is 9.64 Å². The van der Waals surface area contributed by atoms with Crippen molar-refractivity contribution < 1.29 is 9.53 Å². The van der Waals surface area contributed by atoms with Gasteiger partial charge >= 0.3 is 0 Å². The first-order chi connectivity index (χ1) is 11.7. The molecule has 0 saturated heterocycles. The predicted molar refractivity (Wildman–Crippen MR) is 98.8 cm³/mol. The van der Waals surface area contributed by atoms with Crippen LogP contribution in [0.4, 0.5) is 0 Å². The van der Waals surface area contributed by atoms with E-state index in [1.807, 2.05) is 67.7 Å². The molecule has 0 N–H and O–H groups in total. The van der Waals surface area contributed by atoms with Gasteiger partial charge in [-0.05, 0) is 35.8 Å². The molecule has 126 valence electrons. The number of likely N-dealkylation sites (N-methyl/N-ethyl adjacent to an activating group) is 1. The highest BCUT2D eigenvalue weighted by molar-refractivity contribution is 5.91. The third-order valence-electron chi connectivity index (χ3n) is 3.77. The Hall–Kier alpha value is -2.55. The molecular weight excluding hydrogens is 298 g/mol. The highest BCUT2D eigenvalue weighted by Crippen LogP contribution is 2.15. The number of ether oxygens (including phenoxy) is 1. The summed E-state index contributed by atoms with van der Waals surface area (Å²) in [6.45, 7) is 3.47. The van der Waals surface area contributed by atoms with Gasteiger partial charge in [-0.1, -0.05) is 55.8 Å². The zero-order valence-electron chi connectivity index (χ0n) is 14.4. The number of hydrogen-bond donors (Lipinski definition) is 0. The van der Waals surface area contributed by atoms with E-state index in [1.165, 1.54) is 0 Å². The third kappa shape index (κ3) is 5.92. The number of rotatable bonds is 8. The smallest absolute Gasteiger partial charge is 0.246 e. The van der Waals surface area contributed by atoms with E-state index in [2.05, 4.69) is 6.92 Å². The molecular formula is C21H25NO2. The molecule has 0 saturated carbocycles. The molecule has 2 aromatic rings. The molecule has 0 aliphatic carbocycles. The number of hydrogen-bond acceptors (Lipinski definition) is 2. The monoisotopic (exact) mass is 323 g/mol. The van der Waals surface area contributed by atoms with E-state index in [0.29, 0.717) is 6.61 Å². The van der Waals surface area contributed by atoms with Gasteiger partial charge in [0.2, 0.25) is 5.91 Å². The molecule has 0 aromatic heterocycles. The fraction of sp³-hybridized carbons (Fsp3) is 0.286. The van der Waals surface area contributed by atoms with E-state index in [0.717, 1.165) is 36.3 Å². The average Bonchev–Trinajstić information content (AvgIpc) is 2.64. The lowest BCUT2D eigenvalue weighted by atomic mass is 10.2. The molecule has 24 heavy (non-hydrogen) atoms. The van der Waals surface area contributed by atoms with Gasteiger partial charge in [-0.25, -0.2) is 0 Å². The molecule has 0 unspecified atom stereocenters. The van der Waals surface area contributed by atoms with Gasteiger partial charge in [0.05, 0.1) is 0 Å². The van der Waals surface area contributed by atoms with Crippen molar-refractivity contribution >= 4 is 12.0 Å². The van der Waals surface area contributed by atoms with E-state index >= 15 is 0 Å². The van der Waals surface area contributed by atoms with Crippen LogP contribution in [-0.4, -0.2) is 24.4 Å². The fourth-order valence-electron chi connectivity index (χ4n) is 2.22. The van der Waals surface area contributed by atoms with Crippen LogP contribution >= 0.6 is 0 Å². The molecule has 3 nitrogen and oxygen atoms in total. The first-order valence-corrected chi connectivity index (χ1v) is 8.39. The first-order valence-electron chi connectivity index (χ1n) is 8.39. The van der Waals surface area contributed by atoms with Crippen molar-refractivity contribution in [3.8, 4) is 5.75 Å². The number of carbonyl (C=O) groups excluding carboxylic acids is 1. The maximum Gasteiger partial charge on any atom is 0.246 e. The van der Waals surface area contributed by atoms with Gasteiger partial charge in [0.1, 0.15) is 12.4 Å². The lowest BCUT2D eigenvalue weighted by Gasteiger charge is -2.13. The van der Waals surface area contributed by atoms with Crippen molar-refractivity contribution in [2.75, 3.05) is 13.6 Å². The van der Waals surface area contributed by atoms with Gasteiger partial charge in [-0.2, -0.15) is 0 Å². The second-order valence-electron chi connectivity index (χ2n) is 5.79. The molecule has 0 radical (unpaired) electrons. The summed E-state index contributed by atoms with van der Waals surface area (Å²) >= 11 is 0. The normalized spacial score (nSPS) is 10.8. The maximum absolute atomic E-state index is 12.0. The van der Waals surface area contributed by atoms with Crippen LogP contribution in [0, 0.1) is 0 Å². The largest absolute Gasteiger partial charge is 0.489 e. The zero-order valence-corrected chi connectivity index (χ0v) is 14.4. The third-order valence-corrected chi connectivity index (χ3v) is 3.77. The highest BCUT2D eigenvalue weighted by Gasteiger charge is 2.03. The van der Waals surface area contributed by atoms with Crippen LogP contribution in [0.25, 0.3) is 6.08 Å². The van der Waals surface area contributed by atoms with Crippen molar-refractivity contribution in [1.82, 2.24) is 4.90 Å². The molecule has 0 fully saturated rings. The molecule has 0 aliphatic heterocycles. The van der Waals surface area contributed by atoms with Crippen molar-refractivity contribution in [3.05, 3.63) is 71.8 Å². The van der Waals surface area contributed by atoms with E-state index in [9.17, 15) is 4.79 Å². The SMILES string of the molecule is CCCCN(C)C(=O)/C=C/c1ccc(OCc2ccccc2)cc1. The van der Waals surface area contributed by atoms with Crippen LogP contribution in [0.2, 0.25) is 0 Å². The molecule has 0 aliphatic rings. The molecule has 0 heterocycles.